The van der Waals surface area contributed by atoms with Gasteiger partial charge in [0.1, 0.15) is 0 Å². The quantitative estimate of drug-likeness (QED) is 0.509. The molecule has 2 N–H and O–H groups in total. The summed E-state index contributed by atoms with van der Waals surface area (Å²) in [6.07, 6.45) is 1.39. The SMILES string of the molecule is CCCCOP(=O)(OCC)OP(=O)(O)O. The van der Waals surface area contributed by atoms with E-state index in [1.54, 1.807) is 0 Å². The first-order chi connectivity index (χ1) is 6.83. The molecule has 0 aromatic rings. The zero-order valence-corrected chi connectivity index (χ0v) is 10.4. The third-order valence-corrected chi connectivity index (χ3v) is 3.97. The van der Waals surface area contributed by atoms with E-state index in [1.807, 2.05) is 6.92 Å². The molecule has 0 bridgehead atoms. The zero-order chi connectivity index (χ0) is 11.9. The van der Waals surface area contributed by atoms with Crippen LogP contribution in [0, 0.1) is 0 Å². The summed E-state index contributed by atoms with van der Waals surface area (Å²) in [4.78, 5) is 17.0. The number of phosphoric acid groups is 2. The molecule has 0 rings (SSSR count). The average molecular weight is 262 g/mol. The molecule has 0 heterocycles. The highest BCUT2D eigenvalue weighted by atomic mass is 31.3. The van der Waals surface area contributed by atoms with Gasteiger partial charge < -0.3 is 9.79 Å². The molecule has 0 saturated heterocycles. The molecule has 0 fully saturated rings. The van der Waals surface area contributed by atoms with Crippen LogP contribution in [0.4, 0.5) is 0 Å². The zero-order valence-electron chi connectivity index (χ0n) is 8.66. The van der Waals surface area contributed by atoms with E-state index < -0.39 is 15.6 Å². The van der Waals surface area contributed by atoms with Crippen molar-refractivity contribution in [1.82, 2.24) is 0 Å². The normalized spacial score (nSPS) is 16.3. The van der Waals surface area contributed by atoms with Gasteiger partial charge >= 0.3 is 15.6 Å². The van der Waals surface area contributed by atoms with Crippen LogP contribution >= 0.6 is 15.6 Å². The molecule has 0 radical (unpaired) electrons. The summed E-state index contributed by atoms with van der Waals surface area (Å²) in [7, 11) is -9.01. The van der Waals surface area contributed by atoms with Crippen LogP contribution in [0.5, 0.6) is 0 Å². The van der Waals surface area contributed by atoms with Gasteiger partial charge in [-0.25, -0.2) is 9.13 Å². The van der Waals surface area contributed by atoms with Gasteiger partial charge in [0.25, 0.3) is 0 Å². The van der Waals surface area contributed by atoms with Crippen molar-refractivity contribution in [2.75, 3.05) is 13.2 Å². The third kappa shape index (κ3) is 8.11. The Morgan fingerprint density at radius 2 is 1.73 bits per heavy atom. The van der Waals surface area contributed by atoms with Crippen LogP contribution in [0.1, 0.15) is 26.7 Å². The summed E-state index contributed by atoms with van der Waals surface area (Å²) in [6.45, 7) is 3.44. The maximum absolute atomic E-state index is 11.5. The maximum atomic E-state index is 11.5. The van der Waals surface area contributed by atoms with Crippen molar-refractivity contribution < 1.29 is 32.3 Å². The van der Waals surface area contributed by atoms with Gasteiger partial charge in [-0.15, -0.1) is 0 Å². The highest BCUT2D eigenvalue weighted by Crippen LogP contribution is 2.61. The van der Waals surface area contributed by atoms with E-state index in [4.69, 9.17) is 14.3 Å². The van der Waals surface area contributed by atoms with Crippen molar-refractivity contribution in [3.8, 4) is 0 Å². The van der Waals surface area contributed by atoms with E-state index in [-0.39, 0.29) is 13.2 Å². The number of hydrogen-bond acceptors (Lipinski definition) is 5. The molecular formula is C6H16O7P2. The monoisotopic (exact) mass is 262 g/mol. The van der Waals surface area contributed by atoms with Gasteiger partial charge in [0.05, 0.1) is 13.2 Å². The van der Waals surface area contributed by atoms with Crippen molar-refractivity contribution in [1.29, 1.82) is 0 Å². The fraction of sp³-hybridized carbons (Fsp3) is 1.00. The second kappa shape index (κ2) is 6.76. The fourth-order valence-corrected chi connectivity index (χ4v) is 2.86. The van der Waals surface area contributed by atoms with Crippen LogP contribution in [-0.2, 0) is 22.5 Å². The van der Waals surface area contributed by atoms with Crippen molar-refractivity contribution in [2.24, 2.45) is 0 Å². The number of rotatable bonds is 8. The molecular weight excluding hydrogens is 246 g/mol. The Morgan fingerprint density at radius 3 is 2.13 bits per heavy atom. The predicted octanol–water partition coefficient (Wildman–Crippen LogP) is 2.06. The topological polar surface area (TPSA) is 102 Å². The Kier molecular flexibility index (Phi) is 6.88. The number of unbranched alkanes of at least 4 members (excludes halogenated alkanes) is 1. The lowest BCUT2D eigenvalue weighted by Crippen LogP contribution is -2.00. The van der Waals surface area contributed by atoms with Crippen molar-refractivity contribution in [3.05, 3.63) is 0 Å². The second-order valence-corrected chi connectivity index (χ2v) is 5.67. The second-order valence-electron chi connectivity index (χ2n) is 2.62. The van der Waals surface area contributed by atoms with Crippen LogP contribution in [0.25, 0.3) is 0 Å². The van der Waals surface area contributed by atoms with Gasteiger partial charge in [0, 0.05) is 0 Å². The molecule has 1 unspecified atom stereocenters. The highest BCUT2D eigenvalue weighted by Gasteiger charge is 2.35. The highest BCUT2D eigenvalue weighted by molar-refractivity contribution is 7.61. The smallest absolute Gasteiger partial charge is 0.302 e. The minimum atomic E-state index is -4.88. The van der Waals surface area contributed by atoms with Crippen molar-refractivity contribution in [3.63, 3.8) is 0 Å². The minimum Gasteiger partial charge on any atom is -0.302 e. The van der Waals surface area contributed by atoms with E-state index >= 15 is 0 Å². The van der Waals surface area contributed by atoms with E-state index in [2.05, 4.69) is 8.83 Å². The Balaban J connectivity index is 4.32. The Bertz CT molecular complexity index is 260. The van der Waals surface area contributed by atoms with Crippen LogP contribution in [0.15, 0.2) is 0 Å². The molecule has 15 heavy (non-hydrogen) atoms. The lowest BCUT2D eigenvalue weighted by Gasteiger charge is -2.16. The first kappa shape index (κ1) is 15.3. The summed E-state index contributed by atoms with van der Waals surface area (Å²) >= 11 is 0. The van der Waals surface area contributed by atoms with Gasteiger partial charge in [-0.3, -0.25) is 9.05 Å². The molecule has 0 amide bonds. The van der Waals surface area contributed by atoms with Gasteiger partial charge in [0.2, 0.25) is 0 Å². The number of phosphoric ester groups is 1. The van der Waals surface area contributed by atoms with Gasteiger partial charge in [-0.1, -0.05) is 13.3 Å². The molecule has 0 aromatic carbocycles. The van der Waals surface area contributed by atoms with E-state index in [1.165, 1.54) is 6.92 Å². The molecule has 0 aromatic heterocycles. The Hall–Kier alpha value is 0.260. The van der Waals surface area contributed by atoms with Crippen LogP contribution in [0.3, 0.4) is 0 Å². The molecule has 0 aliphatic heterocycles. The van der Waals surface area contributed by atoms with Crippen molar-refractivity contribution in [2.45, 2.75) is 26.7 Å². The van der Waals surface area contributed by atoms with Gasteiger partial charge in [0.15, 0.2) is 0 Å². The Labute approximate surface area is 88.6 Å². The molecule has 0 aliphatic rings. The van der Waals surface area contributed by atoms with Crippen molar-refractivity contribution >= 4 is 15.6 Å². The molecule has 7 nitrogen and oxygen atoms in total. The molecule has 1 atom stereocenters. The lowest BCUT2D eigenvalue weighted by atomic mass is 10.4. The third-order valence-electron chi connectivity index (χ3n) is 1.24. The summed E-state index contributed by atoms with van der Waals surface area (Å²) in [5.41, 5.74) is 0. The summed E-state index contributed by atoms with van der Waals surface area (Å²) < 4.78 is 35.3. The standard InChI is InChI=1S/C6H16O7P2/c1-3-5-6-12-15(10,11-4-2)13-14(7,8)9/h3-6H2,1-2H3,(H2,7,8,9). The first-order valence-electron chi connectivity index (χ1n) is 4.49. The molecule has 9 heteroatoms. The summed E-state index contributed by atoms with van der Waals surface area (Å²) in [6, 6.07) is 0. The van der Waals surface area contributed by atoms with E-state index in [9.17, 15) is 9.13 Å². The predicted molar refractivity (Wildman–Crippen MR) is 53.2 cm³/mol. The molecule has 0 saturated carbocycles. The Morgan fingerprint density at radius 1 is 1.13 bits per heavy atom. The van der Waals surface area contributed by atoms with Crippen LogP contribution in [0.2, 0.25) is 0 Å². The van der Waals surface area contributed by atoms with E-state index in [0.717, 1.165) is 6.42 Å². The lowest BCUT2D eigenvalue weighted by molar-refractivity contribution is 0.143. The fourth-order valence-electron chi connectivity index (χ4n) is 0.693. The maximum Gasteiger partial charge on any atom is 0.483 e. The number of hydrogen-bond donors (Lipinski definition) is 2. The molecule has 0 spiro atoms. The minimum absolute atomic E-state index is 0.0244. The molecule has 0 aliphatic carbocycles. The molecule has 92 valence electrons. The van der Waals surface area contributed by atoms with Gasteiger partial charge in [-0.2, -0.15) is 4.31 Å². The summed E-state index contributed by atoms with van der Waals surface area (Å²) in [5, 5.41) is 0. The largest absolute Gasteiger partial charge is 0.483 e. The van der Waals surface area contributed by atoms with Crippen LogP contribution in [-0.4, -0.2) is 23.0 Å². The average Bonchev–Trinajstić information content (AvgIpc) is 2.01. The summed E-state index contributed by atoms with van der Waals surface area (Å²) in [5.74, 6) is 0. The van der Waals surface area contributed by atoms with Gasteiger partial charge in [-0.05, 0) is 13.3 Å². The van der Waals surface area contributed by atoms with E-state index in [0.29, 0.717) is 6.42 Å². The first-order valence-corrected chi connectivity index (χ1v) is 7.48. The van der Waals surface area contributed by atoms with Crippen LogP contribution < -0.4 is 0 Å².